The van der Waals surface area contributed by atoms with E-state index in [9.17, 15) is 13.2 Å². The van der Waals surface area contributed by atoms with Crippen molar-refractivity contribution >= 4 is 15.7 Å². The van der Waals surface area contributed by atoms with Crippen LogP contribution in [0.15, 0.2) is 0 Å². The number of nitrogens with one attached hydrogen (secondary N) is 1. The summed E-state index contributed by atoms with van der Waals surface area (Å²) in [6.07, 6.45) is 6.34. The van der Waals surface area contributed by atoms with Gasteiger partial charge in [0.2, 0.25) is 5.91 Å². The molecule has 0 aliphatic heterocycles. The van der Waals surface area contributed by atoms with E-state index in [1.807, 2.05) is 13.8 Å². The molecular formula is C16H27NO3S. The lowest BCUT2D eigenvalue weighted by atomic mass is 9.79. The normalized spacial score (nSPS) is 38.0. The summed E-state index contributed by atoms with van der Waals surface area (Å²) in [6.45, 7) is 3.73. The number of rotatable bonds is 5. The van der Waals surface area contributed by atoms with Crippen LogP contribution in [0.25, 0.3) is 0 Å². The van der Waals surface area contributed by atoms with Crippen molar-refractivity contribution in [2.24, 2.45) is 29.6 Å². The number of carbonyl (C=O) groups is 1. The van der Waals surface area contributed by atoms with Gasteiger partial charge in [-0.1, -0.05) is 20.3 Å². The first-order valence-electron chi connectivity index (χ1n) is 8.35. The average molecular weight is 313 g/mol. The molecule has 3 aliphatic rings. The van der Waals surface area contributed by atoms with E-state index < -0.39 is 9.84 Å². The average Bonchev–Trinajstić information content (AvgIpc) is 2.94. The molecule has 1 N–H and O–H groups in total. The zero-order chi connectivity index (χ0) is 15.2. The topological polar surface area (TPSA) is 63.2 Å². The smallest absolute Gasteiger partial charge is 0.235 e. The summed E-state index contributed by atoms with van der Waals surface area (Å²) in [6, 6.07) is 0.232. The summed E-state index contributed by atoms with van der Waals surface area (Å²) in [7, 11) is -3.26. The Labute approximate surface area is 128 Å². The molecule has 0 aromatic rings. The molecule has 0 saturated heterocycles. The van der Waals surface area contributed by atoms with Gasteiger partial charge < -0.3 is 5.32 Å². The molecule has 0 unspecified atom stereocenters. The van der Waals surface area contributed by atoms with E-state index in [-0.39, 0.29) is 29.4 Å². The largest absolute Gasteiger partial charge is 0.352 e. The van der Waals surface area contributed by atoms with Gasteiger partial charge in [0.1, 0.15) is 5.75 Å². The van der Waals surface area contributed by atoms with Crippen molar-refractivity contribution in [3.8, 4) is 0 Å². The number of amides is 1. The lowest BCUT2D eigenvalue weighted by Crippen LogP contribution is -2.44. The molecule has 3 fully saturated rings. The highest BCUT2D eigenvalue weighted by Gasteiger charge is 2.54. The van der Waals surface area contributed by atoms with Crippen LogP contribution < -0.4 is 5.32 Å². The van der Waals surface area contributed by atoms with E-state index in [1.54, 1.807) is 0 Å². The molecular weight excluding hydrogens is 286 g/mol. The third-order valence-electron chi connectivity index (χ3n) is 5.71. The zero-order valence-electron chi connectivity index (χ0n) is 13.0. The Kier molecular flexibility index (Phi) is 4.06. The van der Waals surface area contributed by atoms with Gasteiger partial charge in [0, 0.05) is 6.04 Å². The van der Waals surface area contributed by atoms with Crippen LogP contribution in [0.3, 0.4) is 0 Å². The molecule has 1 amide bonds. The van der Waals surface area contributed by atoms with Gasteiger partial charge in [0.25, 0.3) is 0 Å². The van der Waals surface area contributed by atoms with Crippen molar-refractivity contribution in [2.45, 2.75) is 52.0 Å². The van der Waals surface area contributed by atoms with Gasteiger partial charge in [-0.2, -0.15) is 0 Å². The predicted octanol–water partition coefficient (Wildman–Crippen LogP) is 2.00. The summed E-state index contributed by atoms with van der Waals surface area (Å²) in [5.74, 6) is 2.62. The van der Waals surface area contributed by atoms with E-state index in [1.165, 1.54) is 25.7 Å². The number of fused-ring (bicyclic) bond motifs is 5. The second kappa shape index (κ2) is 5.56. The molecule has 21 heavy (non-hydrogen) atoms. The third kappa shape index (κ3) is 3.13. The number of hydrogen-bond acceptors (Lipinski definition) is 3. The van der Waals surface area contributed by atoms with Crippen LogP contribution in [0.1, 0.15) is 46.0 Å². The highest BCUT2D eigenvalue weighted by Crippen LogP contribution is 2.58. The maximum Gasteiger partial charge on any atom is 0.235 e. The Morgan fingerprint density at radius 1 is 1.14 bits per heavy atom. The molecule has 0 aromatic heterocycles. The van der Waals surface area contributed by atoms with Gasteiger partial charge in [-0.25, -0.2) is 8.42 Å². The van der Waals surface area contributed by atoms with Gasteiger partial charge in [0.15, 0.2) is 9.84 Å². The van der Waals surface area contributed by atoms with E-state index in [0.717, 1.165) is 24.2 Å². The van der Waals surface area contributed by atoms with Crippen molar-refractivity contribution in [3.63, 3.8) is 0 Å². The van der Waals surface area contributed by atoms with E-state index in [2.05, 4.69) is 5.32 Å². The van der Waals surface area contributed by atoms with E-state index >= 15 is 0 Å². The molecule has 0 spiro atoms. The lowest BCUT2D eigenvalue weighted by molar-refractivity contribution is -0.119. The number of hydrogen-bond donors (Lipinski definition) is 1. The lowest BCUT2D eigenvalue weighted by Gasteiger charge is -2.32. The highest BCUT2D eigenvalue weighted by atomic mass is 32.2. The summed E-state index contributed by atoms with van der Waals surface area (Å²) >= 11 is 0. The molecule has 3 rings (SSSR count). The van der Waals surface area contributed by atoms with Crippen molar-refractivity contribution in [2.75, 3.05) is 11.5 Å². The Morgan fingerprint density at radius 2 is 1.86 bits per heavy atom. The van der Waals surface area contributed by atoms with Gasteiger partial charge in [-0.15, -0.1) is 0 Å². The van der Waals surface area contributed by atoms with Crippen molar-refractivity contribution in [3.05, 3.63) is 0 Å². The van der Waals surface area contributed by atoms with Crippen molar-refractivity contribution in [1.29, 1.82) is 0 Å². The van der Waals surface area contributed by atoms with Crippen molar-refractivity contribution in [1.82, 2.24) is 5.32 Å². The van der Waals surface area contributed by atoms with Crippen LogP contribution >= 0.6 is 0 Å². The molecule has 2 bridgehead atoms. The van der Waals surface area contributed by atoms with Crippen LogP contribution in [0.4, 0.5) is 0 Å². The Bertz CT molecular complexity index is 514. The standard InChI is InChI=1S/C16H27NO3S/c1-10(2)8-21(19,20)9-16(18)17-15-7-11-6-14(15)13-5-3-4-12(11)13/h10-15H,3-9H2,1-2H3,(H,17,18)/t11-,12+,13-,14+,15-/m1/s1. The molecule has 0 radical (unpaired) electrons. The zero-order valence-corrected chi connectivity index (χ0v) is 13.9. The van der Waals surface area contributed by atoms with Crippen LogP contribution in [-0.4, -0.2) is 31.9 Å². The fourth-order valence-electron chi connectivity index (χ4n) is 5.25. The first-order chi connectivity index (χ1) is 9.85. The summed E-state index contributed by atoms with van der Waals surface area (Å²) in [4.78, 5) is 12.1. The second-order valence-electron chi connectivity index (χ2n) is 7.78. The number of sulfone groups is 1. The second-order valence-corrected chi connectivity index (χ2v) is 9.89. The molecule has 0 aromatic carbocycles. The molecule has 0 heterocycles. The summed E-state index contributed by atoms with van der Waals surface area (Å²) < 4.78 is 23.8. The van der Waals surface area contributed by atoms with Gasteiger partial charge in [0.05, 0.1) is 5.75 Å². The maximum atomic E-state index is 12.1. The van der Waals surface area contributed by atoms with Gasteiger partial charge >= 0.3 is 0 Å². The molecule has 3 saturated carbocycles. The Morgan fingerprint density at radius 3 is 2.57 bits per heavy atom. The minimum atomic E-state index is -3.26. The van der Waals surface area contributed by atoms with Crippen LogP contribution in [0.2, 0.25) is 0 Å². The monoisotopic (exact) mass is 313 g/mol. The first kappa shape index (κ1) is 15.3. The van der Waals surface area contributed by atoms with Crippen LogP contribution in [0.5, 0.6) is 0 Å². The Balaban J connectivity index is 1.55. The fourth-order valence-corrected chi connectivity index (χ4v) is 6.87. The predicted molar refractivity (Wildman–Crippen MR) is 82.5 cm³/mol. The summed E-state index contributed by atoms with van der Waals surface area (Å²) in [5.41, 5.74) is 0. The minimum absolute atomic E-state index is 0.0736. The molecule has 3 aliphatic carbocycles. The summed E-state index contributed by atoms with van der Waals surface area (Å²) in [5, 5.41) is 3.03. The van der Waals surface area contributed by atoms with Crippen molar-refractivity contribution < 1.29 is 13.2 Å². The Hall–Kier alpha value is -0.580. The first-order valence-corrected chi connectivity index (χ1v) is 10.2. The molecule has 120 valence electrons. The fraction of sp³-hybridized carbons (Fsp3) is 0.938. The maximum absolute atomic E-state index is 12.1. The van der Waals surface area contributed by atoms with Gasteiger partial charge in [-0.3, -0.25) is 4.79 Å². The van der Waals surface area contributed by atoms with Crippen LogP contribution in [0, 0.1) is 29.6 Å². The number of carbonyl (C=O) groups excluding carboxylic acids is 1. The quantitative estimate of drug-likeness (QED) is 0.844. The SMILES string of the molecule is CC(C)CS(=O)(=O)CC(=O)N[C@@H]1C[C@H]2C[C@H]1[C@@H]1CCC[C@@H]21. The van der Waals surface area contributed by atoms with E-state index in [4.69, 9.17) is 0 Å². The van der Waals surface area contributed by atoms with Crippen LogP contribution in [-0.2, 0) is 14.6 Å². The molecule has 4 nitrogen and oxygen atoms in total. The highest BCUT2D eigenvalue weighted by molar-refractivity contribution is 7.92. The van der Waals surface area contributed by atoms with E-state index in [0.29, 0.717) is 5.92 Å². The minimum Gasteiger partial charge on any atom is -0.352 e. The molecule has 5 atom stereocenters. The molecule has 5 heteroatoms. The van der Waals surface area contributed by atoms with Gasteiger partial charge in [-0.05, 0) is 55.3 Å². The third-order valence-corrected chi connectivity index (χ3v) is 7.59.